The van der Waals surface area contributed by atoms with Crippen LogP contribution in [0.2, 0.25) is 5.82 Å². The maximum Gasteiger partial charge on any atom is 0.465 e. The first kappa shape index (κ1) is 18.1. The zero-order valence-electron chi connectivity index (χ0n) is 15.0. The fourth-order valence-corrected chi connectivity index (χ4v) is 2.62. The van der Waals surface area contributed by atoms with E-state index in [0.29, 0.717) is 6.61 Å². The number of ether oxygens (including phenoxy) is 1. The van der Waals surface area contributed by atoms with E-state index >= 15 is 0 Å². The van der Waals surface area contributed by atoms with Crippen molar-refractivity contribution < 1.29 is 14.0 Å². The van der Waals surface area contributed by atoms with Crippen molar-refractivity contribution in [3.8, 4) is 0 Å². The second-order valence-corrected chi connectivity index (χ2v) is 7.10. The highest BCUT2D eigenvalue weighted by Gasteiger charge is 2.53. The van der Waals surface area contributed by atoms with Gasteiger partial charge in [-0.3, -0.25) is 0 Å². The largest absolute Gasteiger partial charge is 0.502 e. The summed E-state index contributed by atoms with van der Waals surface area (Å²) < 4.78 is 17.8. The number of hydrogen-bond donors (Lipinski definition) is 0. The molecule has 4 heteroatoms. The van der Waals surface area contributed by atoms with Gasteiger partial charge in [-0.05, 0) is 59.1 Å². The maximum absolute atomic E-state index is 6.22. The molecule has 2 rings (SSSR count). The second kappa shape index (κ2) is 7.54. The summed E-state index contributed by atoms with van der Waals surface area (Å²) in [5, 5.41) is 0. The quantitative estimate of drug-likeness (QED) is 0.542. The summed E-state index contributed by atoms with van der Waals surface area (Å²) in [7, 11) is -0.236. The second-order valence-electron chi connectivity index (χ2n) is 7.10. The number of rotatable bonds is 7. The highest BCUT2D eigenvalue weighted by Crippen LogP contribution is 2.41. The minimum absolute atomic E-state index is 0.169. The average Bonchev–Trinajstić information content (AvgIpc) is 2.72. The molecule has 0 spiro atoms. The molecule has 0 N–H and O–H groups in total. The third-order valence-electron chi connectivity index (χ3n) is 4.82. The minimum atomic E-state index is -0.303. The molecule has 1 fully saturated rings. The Kier molecular flexibility index (Phi) is 5.93. The van der Waals surface area contributed by atoms with Crippen LogP contribution in [0.25, 0.3) is 0 Å². The molecule has 126 valence electrons. The lowest BCUT2D eigenvalue weighted by Gasteiger charge is -2.32. The van der Waals surface area contributed by atoms with Crippen molar-refractivity contribution in [3.05, 3.63) is 48.2 Å². The smallest absolute Gasteiger partial charge is 0.465 e. The fraction of sp³-hybridized carbons (Fsp3) is 0.579. The topological polar surface area (TPSA) is 27.7 Å². The van der Waals surface area contributed by atoms with Gasteiger partial charge in [0.1, 0.15) is 0 Å². The van der Waals surface area contributed by atoms with E-state index in [1.807, 2.05) is 13.0 Å². The normalized spacial score (nSPS) is 20.8. The van der Waals surface area contributed by atoms with E-state index in [9.17, 15) is 0 Å². The summed E-state index contributed by atoms with van der Waals surface area (Å²) in [5.41, 5.74) is 0.725. The van der Waals surface area contributed by atoms with Crippen LogP contribution < -0.4 is 0 Å². The molecule has 0 aromatic heterocycles. The summed E-state index contributed by atoms with van der Waals surface area (Å²) in [4.78, 5) is 0. The van der Waals surface area contributed by atoms with Crippen molar-refractivity contribution in [2.24, 2.45) is 0 Å². The number of allylic oxidation sites excluding steroid dienone is 1. The van der Waals surface area contributed by atoms with Crippen LogP contribution in [-0.4, -0.2) is 24.9 Å². The number of benzene rings is 1. The van der Waals surface area contributed by atoms with Gasteiger partial charge in [-0.15, -0.1) is 0 Å². The van der Waals surface area contributed by atoms with Gasteiger partial charge in [0.05, 0.1) is 24.1 Å². The van der Waals surface area contributed by atoms with Gasteiger partial charge >= 0.3 is 7.12 Å². The van der Waals surface area contributed by atoms with Crippen LogP contribution >= 0.6 is 0 Å². The first-order chi connectivity index (χ1) is 10.9. The Labute approximate surface area is 141 Å². The van der Waals surface area contributed by atoms with Crippen LogP contribution in [0.3, 0.4) is 0 Å². The molecule has 3 nitrogen and oxygen atoms in total. The highest BCUT2D eigenvalue weighted by atomic mass is 16.7. The van der Waals surface area contributed by atoms with E-state index in [-0.39, 0.29) is 24.1 Å². The lowest BCUT2D eigenvalue weighted by molar-refractivity contribution is 0.00578. The Morgan fingerprint density at radius 1 is 1.09 bits per heavy atom. The van der Waals surface area contributed by atoms with Crippen molar-refractivity contribution in [1.82, 2.24) is 0 Å². The molecule has 1 heterocycles. The van der Waals surface area contributed by atoms with Crippen molar-refractivity contribution in [2.75, 3.05) is 6.61 Å². The van der Waals surface area contributed by atoms with Crippen LogP contribution in [0, 0.1) is 0 Å². The molecule has 0 unspecified atom stereocenters. The van der Waals surface area contributed by atoms with E-state index in [4.69, 9.17) is 14.0 Å². The van der Waals surface area contributed by atoms with Gasteiger partial charge in [-0.1, -0.05) is 30.3 Å². The first-order valence-electron chi connectivity index (χ1n) is 8.53. The van der Waals surface area contributed by atoms with E-state index in [1.165, 1.54) is 5.56 Å². The lowest BCUT2D eigenvalue weighted by Crippen LogP contribution is -2.41. The van der Waals surface area contributed by atoms with Gasteiger partial charge in [-0.25, -0.2) is 0 Å². The molecule has 0 aliphatic carbocycles. The summed E-state index contributed by atoms with van der Waals surface area (Å²) in [6, 6.07) is 10.5. The predicted molar refractivity (Wildman–Crippen MR) is 95.4 cm³/mol. The zero-order chi connectivity index (χ0) is 16.9. The Hall–Kier alpha value is -1.26. The van der Waals surface area contributed by atoms with Gasteiger partial charge in [0.25, 0.3) is 0 Å². The van der Waals surface area contributed by atoms with Crippen LogP contribution in [0.15, 0.2) is 42.7 Å². The molecule has 0 radical (unpaired) electrons. The van der Waals surface area contributed by atoms with E-state index in [0.717, 1.165) is 12.8 Å². The molecule has 1 aliphatic heterocycles. The van der Waals surface area contributed by atoms with Crippen LogP contribution in [0.5, 0.6) is 0 Å². The molecule has 0 amide bonds. The van der Waals surface area contributed by atoms with Crippen LogP contribution in [-0.2, 0) is 20.5 Å². The van der Waals surface area contributed by atoms with Gasteiger partial charge in [-0.2, -0.15) is 0 Å². The Morgan fingerprint density at radius 2 is 1.70 bits per heavy atom. The zero-order valence-corrected chi connectivity index (χ0v) is 15.0. The van der Waals surface area contributed by atoms with Gasteiger partial charge in [0, 0.05) is 5.82 Å². The molecule has 1 aromatic carbocycles. The Balaban J connectivity index is 2.06. The van der Waals surface area contributed by atoms with Gasteiger partial charge in [0.2, 0.25) is 0 Å². The fourth-order valence-electron chi connectivity index (χ4n) is 2.62. The molecule has 1 aromatic rings. The molecule has 1 saturated heterocycles. The van der Waals surface area contributed by atoms with Crippen LogP contribution in [0.1, 0.15) is 46.6 Å². The number of hydrogen-bond acceptors (Lipinski definition) is 3. The molecule has 23 heavy (non-hydrogen) atoms. The third kappa shape index (κ3) is 4.61. The third-order valence-corrected chi connectivity index (χ3v) is 4.82. The monoisotopic (exact) mass is 316 g/mol. The van der Waals surface area contributed by atoms with Crippen molar-refractivity contribution in [3.63, 3.8) is 0 Å². The Bertz CT molecular complexity index is 495. The first-order valence-corrected chi connectivity index (χ1v) is 8.53. The highest BCUT2D eigenvalue weighted by molar-refractivity contribution is 6.48. The molecular formula is C19H29BO3. The predicted octanol–water partition coefficient (Wildman–Crippen LogP) is 4.63. The van der Waals surface area contributed by atoms with Crippen LogP contribution in [0.4, 0.5) is 0 Å². The standard InChI is InChI=1S/C19H29BO3/c1-6-21-15-14-17(13-12-16-10-8-7-9-11-16)20-22-18(2,3)19(4,5)23-20/h7-11,14-15,17H,6,12-13H2,1-5H3/b15-14+/t17-/m0/s1. The van der Waals surface area contributed by atoms with Crippen molar-refractivity contribution in [2.45, 2.75) is 64.5 Å². The lowest BCUT2D eigenvalue weighted by atomic mass is 9.69. The summed E-state index contributed by atoms with van der Waals surface area (Å²) >= 11 is 0. The van der Waals surface area contributed by atoms with Crippen molar-refractivity contribution >= 4 is 7.12 Å². The van der Waals surface area contributed by atoms with E-state index < -0.39 is 0 Å². The molecule has 0 bridgehead atoms. The van der Waals surface area contributed by atoms with E-state index in [1.54, 1.807) is 6.26 Å². The summed E-state index contributed by atoms with van der Waals surface area (Å²) in [6.07, 6.45) is 5.81. The van der Waals surface area contributed by atoms with Gasteiger partial charge < -0.3 is 14.0 Å². The summed E-state index contributed by atoms with van der Waals surface area (Å²) in [5.74, 6) is 0.169. The maximum atomic E-state index is 6.22. The minimum Gasteiger partial charge on any atom is -0.502 e. The molecule has 1 atom stereocenters. The SMILES string of the molecule is CCO/C=C/[C@H](CCc1ccccc1)B1OC(C)(C)C(C)(C)O1. The Morgan fingerprint density at radius 3 is 2.26 bits per heavy atom. The van der Waals surface area contributed by atoms with Gasteiger partial charge in [0.15, 0.2) is 0 Å². The van der Waals surface area contributed by atoms with E-state index in [2.05, 4.69) is 58.0 Å². The molecule has 1 aliphatic rings. The number of aryl methyl sites for hydroxylation is 1. The van der Waals surface area contributed by atoms with Crippen molar-refractivity contribution in [1.29, 1.82) is 0 Å². The molecule has 0 saturated carbocycles. The average molecular weight is 316 g/mol. The molecular weight excluding hydrogens is 287 g/mol. The summed E-state index contributed by atoms with van der Waals surface area (Å²) in [6.45, 7) is 11.0.